The van der Waals surface area contributed by atoms with Gasteiger partial charge in [0.25, 0.3) is 0 Å². The van der Waals surface area contributed by atoms with E-state index in [9.17, 15) is 23.1 Å². The number of nitrogens with zero attached hydrogens (tertiary/aromatic N) is 7. The Balaban J connectivity index is 1.35. The van der Waals surface area contributed by atoms with Crippen molar-refractivity contribution in [3.8, 4) is 28.8 Å². The molecule has 2 saturated heterocycles. The van der Waals surface area contributed by atoms with Crippen molar-refractivity contribution >= 4 is 40.2 Å². The molecule has 2 aromatic heterocycles. The number of alkyl halides is 3. The zero-order valence-electron chi connectivity index (χ0n) is 33.6. The number of benzene rings is 3. The summed E-state index contributed by atoms with van der Waals surface area (Å²) in [5, 5.41) is 10.1. The molecule has 0 radical (unpaired) electrons. The van der Waals surface area contributed by atoms with Gasteiger partial charge in [-0.3, -0.25) is 4.90 Å². The number of pyridine rings is 1. The van der Waals surface area contributed by atoms with Crippen LogP contribution in [0, 0.1) is 0 Å². The summed E-state index contributed by atoms with van der Waals surface area (Å²) < 4.78 is 62.1. The van der Waals surface area contributed by atoms with Crippen molar-refractivity contribution < 1.29 is 37.3 Å². The van der Waals surface area contributed by atoms with Crippen LogP contribution in [0.2, 0.25) is 5.02 Å². The fourth-order valence-corrected chi connectivity index (χ4v) is 8.21. The lowest BCUT2D eigenvalue weighted by molar-refractivity contribution is -0.137. The van der Waals surface area contributed by atoms with Crippen LogP contribution in [0.25, 0.3) is 22.2 Å². The molecular weight excluding hydrogens is 787 g/mol. The van der Waals surface area contributed by atoms with Crippen LogP contribution >= 0.6 is 11.6 Å². The number of piperazine rings is 1. The molecule has 1 atom stereocenters. The standard InChI is InChI=1S/C43H47ClF3N7O5/c1-42(2,36-7-6-18-51(36)3)59-40-48-35-24-31(34(44)23-32(35)39(50-40)52-19-21-53(22-20-52)41(55)56)38-33(43(45,46)47)16-17-37(49-38)54(25-27-8-12-29(57-4)13-9-27)26-28-10-14-30(58-5)15-11-28/h8-17,23-24,36H,6-7,18-22,25-26H2,1-5H3,(H,55,56)/t36-/m0/s1. The summed E-state index contributed by atoms with van der Waals surface area (Å²) in [6.07, 6.45) is -3.86. The minimum Gasteiger partial charge on any atom is -0.497 e. The number of amides is 1. The first kappa shape index (κ1) is 41.6. The summed E-state index contributed by atoms with van der Waals surface area (Å²) in [6, 6.07) is 20.5. The fourth-order valence-electron chi connectivity index (χ4n) is 7.96. The van der Waals surface area contributed by atoms with E-state index in [0.29, 0.717) is 60.2 Å². The summed E-state index contributed by atoms with van der Waals surface area (Å²) >= 11 is 6.99. The molecule has 5 aromatic rings. The van der Waals surface area contributed by atoms with Gasteiger partial charge in [-0.2, -0.15) is 23.1 Å². The van der Waals surface area contributed by atoms with Crippen molar-refractivity contribution in [2.75, 3.05) is 63.8 Å². The molecule has 16 heteroatoms. The van der Waals surface area contributed by atoms with E-state index in [4.69, 9.17) is 40.8 Å². The molecule has 0 bridgehead atoms. The summed E-state index contributed by atoms with van der Waals surface area (Å²) in [4.78, 5) is 33.5. The van der Waals surface area contributed by atoms with Crippen molar-refractivity contribution in [2.45, 2.75) is 57.6 Å². The number of rotatable bonds is 12. The van der Waals surface area contributed by atoms with Gasteiger partial charge in [-0.15, -0.1) is 0 Å². The first-order valence-corrected chi connectivity index (χ1v) is 19.7. The lowest BCUT2D eigenvalue weighted by Crippen LogP contribution is -2.49. The van der Waals surface area contributed by atoms with Crippen LogP contribution < -0.4 is 24.0 Å². The summed E-state index contributed by atoms with van der Waals surface area (Å²) in [5.74, 6) is 2.09. The molecule has 2 fully saturated rings. The summed E-state index contributed by atoms with van der Waals surface area (Å²) in [6.45, 7) is 6.61. The molecule has 4 heterocycles. The number of anilines is 2. The number of fused-ring (bicyclic) bond motifs is 1. The number of carbonyl (C=O) groups is 1. The maximum atomic E-state index is 15.0. The van der Waals surface area contributed by atoms with Crippen LogP contribution in [0.5, 0.6) is 17.5 Å². The Labute approximate surface area is 346 Å². The Hall–Kier alpha value is -5.54. The van der Waals surface area contributed by atoms with E-state index < -0.39 is 23.4 Å². The van der Waals surface area contributed by atoms with Crippen LogP contribution in [-0.2, 0) is 19.3 Å². The molecule has 2 aliphatic rings. The van der Waals surface area contributed by atoms with Crippen molar-refractivity contribution in [2.24, 2.45) is 0 Å². The monoisotopic (exact) mass is 833 g/mol. The Kier molecular flexibility index (Phi) is 12.0. The van der Waals surface area contributed by atoms with Gasteiger partial charge in [0.1, 0.15) is 28.7 Å². The van der Waals surface area contributed by atoms with E-state index in [0.717, 1.165) is 36.6 Å². The van der Waals surface area contributed by atoms with Gasteiger partial charge in [-0.05, 0) is 99.9 Å². The predicted octanol–water partition coefficient (Wildman–Crippen LogP) is 8.64. The van der Waals surface area contributed by atoms with Gasteiger partial charge in [-0.25, -0.2) is 9.78 Å². The molecule has 0 aliphatic carbocycles. The van der Waals surface area contributed by atoms with Gasteiger partial charge in [0.15, 0.2) is 0 Å². The largest absolute Gasteiger partial charge is 0.497 e. The number of likely N-dealkylation sites (tertiary alicyclic amines) is 1. The highest BCUT2D eigenvalue weighted by Gasteiger charge is 2.39. The Morgan fingerprint density at radius 3 is 2.00 bits per heavy atom. The third-order valence-electron chi connectivity index (χ3n) is 11.1. The second-order valence-corrected chi connectivity index (χ2v) is 15.8. The molecule has 3 aromatic carbocycles. The van der Waals surface area contributed by atoms with E-state index >= 15 is 0 Å². The molecule has 59 heavy (non-hydrogen) atoms. The molecule has 0 spiro atoms. The van der Waals surface area contributed by atoms with Gasteiger partial charge < -0.3 is 34.0 Å². The third kappa shape index (κ3) is 9.21. The number of aromatic nitrogens is 3. The molecule has 312 valence electrons. The molecule has 0 unspecified atom stereocenters. The Morgan fingerprint density at radius 2 is 1.47 bits per heavy atom. The lowest BCUT2D eigenvalue weighted by Gasteiger charge is -2.36. The number of methoxy groups -OCH3 is 2. The normalized spacial score (nSPS) is 16.4. The molecule has 1 N–H and O–H groups in total. The highest BCUT2D eigenvalue weighted by Crippen LogP contribution is 2.43. The van der Waals surface area contributed by atoms with Crippen molar-refractivity contribution in [3.05, 3.63) is 94.5 Å². The second-order valence-electron chi connectivity index (χ2n) is 15.4. The van der Waals surface area contributed by atoms with Gasteiger partial charge in [0.05, 0.1) is 36.0 Å². The van der Waals surface area contributed by atoms with Crippen molar-refractivity contribution in [3.63, 3.8) is 0 Å². The van der Waals surface area contributed by atoms with Gasteiger partial charge in [-0.1, -0.05) is 35.9 Å². The van der Waals surface area contributed by atoms with Gasteiger partial charge in [0, 0.05) is 56.3 Å². The zero-order chi connectivity index (χ0) is 42.1. The minimum absolute atomic E-state index is 0.0140. The zero-order valence-corrected chi connectivity index (χ0v) is 34.3. The number of ether oxygens (including phenoxy) is 3. The van der Waals surface area contributed by atoms with Crippen LogP contribution in [-0.4, -0.2) is 102 Å². The number of likely N-dealkylation sites (N-methyl/N-ethyl adjacent to an activating group) is 1. The fraction of sp³-hybridized carbons (Fsp3) is 0.395. The second kappa shape index (κ2) is 17.0. The van der Waals surface area contributed by atoms with Crippen molar-refractivity contribution in [1.82, 2.24) is 24.8 Å². The molecule has 1 amide bonds. The molecule has 12 nitrogen and oxygen atoms in total. The average molecular weight is 834 g/mol. The third-order valence-corrected chi connectivity index (χ3v) is 11.4. The van der Waals surface area contributed by atoms with E-state index in [1.807, 2.05) is 79.2 Å². The quantitative estimate of drug-likeness (QED) is 0.130. The number of halogens is 4. The molecule has 7 rings (SSSR count). The first-order chi connectivity index (χ1) is 28.1. The first-order valence-electron chi connectivity index (χ1n) is 19.4. The number of hydrogen-bond acceptors (Lipinski definition) is 10. The van der Waals surface area contributed by atoms with E-state index in [1.54, 1.807) is 20.3 Å². The maximum Gasteiger partial charge on any atom is 0.418 e. The van der Waals surface area contributed by atoms with Crippen LogP contribution in [0.3, 0.4) is 0 Å². The topological polar surface area (TPSA) is 117 Å². The molecule has 0 saturated carbocycles. The van der Waals surface area contributed by atoms with Crippen molar-refractivity contribution in [1.29, 1.82) is 0 Å². The average Bonchev–Trinajstić information content (AvgIpc) is 3.67. The Morgan fingerprint density at radius 1 is 0.864 bits per heavy atom. The molecule has 2 aliphatic heterocycles. The van der Waals surface area contributed by atoms with Crippen LogP contribution in [0.4, 0.5) is 29.6 Å². The van der Waals surface area contributed by atoms with E-state index in [-0.39, 0.29) is 41.4 Å². The SMILES string of the molecule is COc1ccc(CN(Cc2ccc(OC)cc2)c2ccc(C(F)(F)F)c(-c3cc4nc(OC(C)(C)[C@@H]5CCCN5C)nc(N5CCN(C(=O)O)CC5)c4cc3Cl)n2)cc1. The van der Waals surface area contributed by atoms with Crippen LogP contribution in [0.1, 0.15) is 43.4 Å². The molecular formula is C43H47ClF3N7O5. The summed E-state index contributed by atoms with van der Waals surface area (Å²) in [5.41, 5.74) is 0.0686. The van der Waals surface area contributed by atoms with Crippen LogP contribution in [0.15, 0.2) is 72.8 Å². The lowest BCUT2D eigenvalue weighted by atomic mass is 9.96. The van der Waals surface area contributed by atoms with E-state index in [1.165, 1.54) is 17.0 Å². The Bertz CT molecular complexity index is 2240. The number of carboxylic acid groups (broad SMARTS) is 1. The van der Waals surface area contributed by atoms with Gasteiger partial charge in [0.2, 0.25) is 0 Å². The maximum absolute atomic E-state index is 15.0. The summed E-state index contributed by atoms with van der Waals surface area (Å²) in [7, 11) is 5.20. The highest BCUT2D eigenvalue weighted by atomic mass is 35.5. The number of hydrogen-bond donors (Lipinski definition) is 1. The predicted molar refractivity (Wildman–Crippen MR) is 221 cm³/mol. The minimum atomic E-state index is -4.78. The smallest absolute Gasteiger partial charge is 0.418 e. The van der Waals surface area contributed by atoms with E-state index in [2.05, 4.69) is 4.90 Å². The van der Waals surface area contributed by atoms with Gasteiger partial charge >= 0.3 is 18.3 Å². The highest BCUT2D eigenvalue weighted by molar-refractivity contribution is 6.34.